The molecule has 1 aromatic rings. The summed E-state index contributed by atoms with van der Waals surface area (Å²) >= 11 is 7.21. The molecule has 1 heterocycles. The summed E-state index contributed by atoms with van der Waals surface area (Å²) in [6.45, 7) is 0. The zero-order valence-corrected chi connectivity index (χ0v) is 10.4. The highest BCUT2D eigenvalue weighted by Gasteiger charge is 2.20. The number of pyridine rings is 1. The lowest BCUT2D eigenvalue weighted by atomic mass is 10.0. The Morgan fingerprint density at radius 2 is 2.20 bits per heavy atom. The van der Waals surface area contributed by atoms with E-state index in [-0.39, 0.29) is 5.82 Å². The highest BCUT2D eigenvalue weighted by atomic mass is 79.9. The molecule has 2 atom stereocenters. The highest BCUT2D eigenvalue weighted by molar-refractivity contribution is 9.10. The summed E-state index contributed by atoms with van der Waals surface area (Å²) in [5, 5.41) is 19.4. The van der Waals surface area contributed by atoms with Crippen molar-refractivity contribution in [1.29, 1.82) is 0 Å². The fourth-order valence-corrected chi connectivity index (χ4v) is 1.81. The van der Waals surface area contributed by atoms with Crippen LogP contribution in [-0.2, 0) is 0 Å². The van der Waals surface area contributed by atoms with Crippen LogP contribution < -0.4 is 5.73 Å². The van der Waals surface area contributed by atoms with Crippen LogP contribution >= 0.6 is 28.6 Å². The molecule has 0 radical (unpaired) electrons. The molecule has 0 saturated heterocycles. The molecule has 1 rings (SSSR count). The molecule has 4 nitrogen and oxygen atoms in total. The smallest absolute Gasteiger partial charge is 0.129 e. The second-order valence-electron chi connectivity index (χ2n) is 3.15. The average Bonchev–Trinajstić information content (AvgIpc) is 2.21. The molecule has 0 spiro atoms. The van der Waals surface area contributed by atoms with Gasteiger partial charge in [0, 0.05) is 16.2 Å². The average molecular weight is 293 g/mol. The van der Waals surface area contributed by atoms with E-state index in [2.05, 4.69) is 33.5 Å². The minimum atomic E-state index is -1.03. The van der Waals surface area contributed by atoms with Crippen molar-refractivity contribution in [1.82, 2.24) is 4.98 Å². The Morgan fingerprint density at radius 1 is 1.53 bits per heavy atom. The Morgan fingerprint density at radius 3 is 2.80 bits per heavy atom. The minimum Gasteiger partial charge on any atom is -0.390 e. The molecule has 0 amide bonds. The van der Waals surface area contributed by atoms with Gasteiger partial charge in [0.25, 0.3) is 0 Å². The van der Waals surface area contributed by atoms with Crippen molar-refractivity contribution >= 4 is 34.4 Å². The Hall–Kier alpha value is -0.300. The predicted octanol–water partition coefficient (Wildman–Crippen LogP) is 1.14. The topological polar surface area (TPSA) is 79.4 Å². The molecule has 0 saturated carbocycles. The van der Waals surface area contributed by atoms with Crippen molar-refractivity contribution in [2.45, 2.75) is 18.6 Å². The van der Waals surface area contributed by atoms with E-state index in [1.807, 2.05) is 0 Å². The number of halogens is 1. The lowest BCUT2D eigenvalue weighted by molar-refractivity contribution is 0.0175. The first-order valence-electron chi connectivity index (χ1n) is 4.44. The Labute approximate surface area is 102 Å². The molecule has 0 bridgehead atoms. The first-order valence-corrected chi connectivity index (χ1v) is 5.86. The molecule has 0 fully saturated rings. The van der Waals surface area contributed by atoms with Crippen molar-refractivity contribution in [3.63, 3.8) is 0 Å². The van der Waals surface area contributed by atoms with E-state index in [1.165, 1.54) is 6.20 Å². The first kappa shape index (κ1) is 12.8. The van der Waals surface area contributed by atoms with Gasteiger partial charge in [0.2, 0.25) is 0 Å². The van der Waals surface area contributed by atoms with Crippen LogP contribution in [-0.4, -0.2) is 27.1 Å². The first-order chi connectivity index (χ1) is 7.06. The van der Waals surface area contributed by atoms with Gasteiger partial charge in [-0.05, 0) is 34.2 Å². The van der Waals surface area contributed by atoms with Gasteiger partial charge < -0.3 is 15.9 Å². The Balaban J connectivity index is 2.89. The summed E-state index contributed by atoms with van der Waals surface area (Å²) in [5.41, 5.74) is 6.03. The molecule has 2 unspecified atom stereocenters. The largest absolute Gasteiger partial charge is 0.390 e. The Bertz CT molecular complexity index is 338. The molecule has 15 heavy (non-hydrogen) atoms. The van der Waals surface area contributed by atoms with Crippen molar-refractivity contribution in [3.05, 3.63) is 22.3 Å². The third-order valence-electron chi connectivity index (χ3n) is 2.02. The molecule has 4 N–H and O–H groups in total. The van der Waals surface area contributed by atoms with Gasteiger partial charge in [0.1, 0.15) is 11.9 Å². The summed E-state index contributed by atoms with van der Waals surface area (Å²) in [6, 6.07) is 1.65. The highest BCUT2D eigenvalue weighted by Crippen LogP contribution is 2.25. The molecule has 0 aliphatic rings. The van der Waals surface area contributed by atoms with Gasteiger partial charge in [-0.15, -0.1) is 0 Å². The number of aliphatic hydroxyl groups is 2. The van der Waals surface area contributed by atoms with Gasteiger partial charge in [0.15, 0.2) is 0 Å². The number of nitrogens with zero attached hydrogens (tertiary/aromatic N) is 1. The van der Waals surface area contributed by atoms with Crippen molar-refractivity contribution in [3.8, 4) is 0 Å². The van der Waals surface area contributed by atoms with Gasteiger partial charge >= 0.3 is 0 Å². The number of aliphatic hydroxyl groups excluding tert-OH is 2. The zero-order chi connectivity index (χ0) is 11.4. The number of hydrogen-bond acceptors (Lipinski definition) is 5. The monoisotopic (exact) mass is 292 g/mol. The van der Waals surface area contributed by atoms with E-state index in [4.69, 9.17) is 5.73 Å². The predicted molar refractivity (Wildman–Crippen MR) is 65.8 cm³/mol. The maximum atomic E-state index is 9.80. The van der Waals surface area contributed by atoms with Crippen molar-refractivity contribution < 1.29 is 10.2 Å². The number of nitrogens with two attached hydrogens (primary N) is 1. The van der Waals surface area contributed by atoms with E-state index in [0.29, 0.717) is 22.2 Å². The normalized spacial score (nSPS) is 14.9. The number of anilines is 1. The number of nitrogen functional groups attached to an aromatic ring is 1. The van der Waals surface area contributed by atoms with Gasteiger partial charge in [-0.1, -0.05) is 0 Å². The lowest BCUT2D eigenvalue weighted by Gasteiger charge is -2.18. The van der Waals surface area contributed by atoms with Crippen LogP contribution in [0, 0.1) is 0 Å². The molecule has 0 aromatic carbocycles. The summed E-state index contributed by atoms with van der Waals surface area (Å²) in [6.07, 6.45) is 0.0373. The second kappa shape index (κ2) is 5.69. The van der Waals surface area contributed by atoms with Crippen LogP contribution in [0.4, 0.5) is 5.82 Å². The van der Waals surface area contributed by atoms with Crippen LogP contribution in [0.5, 0.6) is 0 Å². The van der Waals surface area contributed by atoms with Crippen LogP contribution in [0.2, 0.25) is 0 Å². The molecule has 0 aliphatic carbocycles. The van der Waals surface area contributed by atoms with Gasteiger partial charge in [-0.3, -0.25) is 0 Å². The minimum absolute atomic E-state index is 0.226. The fourth-order valence-electron chi connectivity index (χ4n) is 1.20. The number of hydrogen-bond donors (Lipinski definition) is 4. The van der Waals surface area contributed by atoms with Crippen molar-refractivity contribution in [2.75, 3.05) is 11.5 Å². The van der Waals surface area contributed by atoms with Crippen LogP contribution in [0.1, 0.15) is 18.1 Å². The van der Waals surface area contributed by atoms with E-state index in [1.54, 1.807) is 6.07 Å². The fraction of sp³-hybridized carbons (Fsp3) is 0.444. The maximum absolute atomic E-state index is 9.80. The van der Waals surface area contributed by atoms with E-state index < -0.39 is 12.2 Å². The quantitative estimate of drug-likeness (QED) is 0.628. The molecule has 6 heteroatoms. The molecular formula is C9H13BrN2O2S. The third kappa shape index (κ3) is 3.34. The van der Waals surface area contributed by atoms with Gasteiger partial charge in [-0.25, -0.2) is 4.98 Å². The molecular weight excluding hydrogens is 280 g/mol. The number of aromatic nitrogens is 1. The Kier molecular flexibility index (Phi) is 4.85. The summed E-state index contributed by atoms with van der Waals surface area (Å²) < 4.78 is 0.712. The number of thiol groups is 1. The third-order valence-corrected chi connectivity index (χ3v) is 2.72. The van der Waals surface area contributed by atoms with Gasteiger partial charge in [0.05, 0.1) is 6.10 Å². The summed E-state index contributed by atoms with van der Waals surface area (Å²) in [5.74, 6) is 0.725. The molecule has 1 aromatic heterocycles. The van der Waals surface area contributed by atoms with E-state index in [9.17, 15) is 10.2 Å². The van der Waals surface area contributed by atoms with Crippen LogP contribution in [0.15, 0.2) is 16.7 Å². The van der Waals surface area contributed by atoms with Gasteiger partial charge in [-0.2, -0.15) is 12.6 Å². The SMILES string of the molecule is Nc1ncc(Br)cc1C(O)C(O)CCS. The van der Waals surface area contributed by atoms with E-state index in [0.717, 1.165) is 0 Å². The van der Waals surface area contributed by atoms with E-state index >= 15 is 0 Å². The summed E-state index contributed by atoms with van der Waals surface area (Å²) in [4.78, 5) is 3.88. The maximum Gasteiger partial charge on any atom is 0.129 e. The van der Waals surface area contributed by atoms with Crippen LogP contribution in [0.3, 0.4) is 0 Å². The number of rotatable bonds is 4. The van der Waals surface area contributed by atoms with Crippen molar-refractivity contribution in [2.24, 2.45) is 0 Å². The zero-order valence-electron chi connectivity index (χ0n) is 7.97. The molecule has 84 valence electrons. The lowest BCUT2D eigenvalue weighted by Crippen LogP contribution is -2.20. The second-order valence-corrected chi connectivity index (χ2v) is 4.52. The molecule has 0 aliphatic heterocycles. The standard InChI is InChI=1S/C9H13BrN2O2S/c10-5-3-6(9(11)12-4-5)8(14)7(13)1-2-15/h3-4,7-8,13-15H,1-2H2,(H2,11,12). The summed E-state index contributed by atoms with van der Waals surface area (Å²) in [7, 11) is 0. The van der Waals surface area contributed by atoms with Crippen LogP contribution in [0.25, 0.3) is 0 Å².